The summed E-state index contributed by atoms with van der Waals surface area (Å²) in [6.07, 6.45) is -1.51. The minimum absolute atomic E-state index is 0.371. The maximum Gasteiger partial charge on any atom is 0.417 e. The van der Waals surface area contributed by atoms with Gasteiger partial charge in [-0.3, -0.25) is 9.69 Å². The highest BCUT2D eigenvalue weighted by atomic mass is 35.5. The third-order valence-corrected chi connectivity index (χ3v) is 6.03. The predicted molar refractivity (Wildman–Crippen MR) is 104 cm³/mol. The molecule has 0 aromatic heterocycles. The number of aliphatic carboxylic acids is 1. The molecule has 0 bridgehead atoms. The maximum atomic E-state index is 13.4. The van der Waals surface area contributed by atoms with Crippen LogP contribution in [0, 0.1) is 0 Å². The van der Waals surface area contributed by atoms with Crippen molar-refractivity contribution in [2.75, 3.05) is 12.8 Å². The van der Waals surface area contributed by atoms with Crippen molar-refractivity contribution >= 4 is 29.3 Å². The molecule has 1 N–H and O–H groups in total. The normalized spacial score (nSPS) is 19.0. The lowest BCUT2D eigenvalue weighted by molar-refractivity contribution is -0.143. The van der Waals surface area contributed by atoms with E-state index in [0.29, 0.717) is 24.9 Å². The van der Waals surface area contributed by atoms with Gasteiger partial charge in [-0.2, -0.15) is 13.2 Å². The molecule has 150 valence electrons. The van der Waals surface area contributed by atoms with Crippen molar-refractivity contribution in [2.24, 2.45) is 0 Å². The van der Waals surface area contributed by atoms with Gasteiger partial charge in [-0.25, -0.2) is 0 Å². The molecule has 3 rings (SSSR count). The number of carboxylic acid groups (broad SMARTS) is 1. The first-order chi connectivity index (χ1) is 13.2. The van der Waals surface area contributed by atoms with Crippen molar-refractivity contribution in [3.8, 4) is 0 Å². The fraction of sp³-hybridized carbons (Fsp3) is 0.350. The lowest BCUT2D eigenvalue weighted by Gasteiger charge is -2.32. The van der Waals surface area contributed by atoms with Gasteiger partial charge in [0.2, 0.25) is 0 Å². The minimum atomic E-state index is -4.59. The molecule has 1 aliphatic heterocycles. The van der Waals surface area contributed by atoms with Crippen LogP contribution in [0.2, 0.25) is 5.02 Å². The maximum absolute atomic E-state index is 13.4. The van der Waals surface area contributed by atoms with Crippen molar-refractivity contribution in [3.05, 3.63) is 64.2 Å². The van der Waals surface area contributed by atoms with Crippen LogP contribution in [0.1, 0.15) is 35.6 Å². The molecule has 1 saturated heterocycles. The molecule has 0 spiro atoms. The Bertz CT molecular complexity index is 858. The largest absolute Gasteiger partial charge is 0.480 e. The number of halogens is 4. The van der Waals surface area contributed by atoms with Crippen molar-refractivity contribution < 1.29 is 23.1 Å². The van der Waals surface area contributed by atoms with E-state index < -0.39 is 29.8 Å². The standard InChI is InChI=1S/C20H19ClF3NO2S/c1-28-14-7-4-12(5-8-14)18(25-10-2-3-17(25)19(26)27)13-6-9-16(21)15(11-13)20(22,23)24/h4-9,11,17-18H,2-3,10H2,1H3,(H,26,27). The number of alkyl halides is 3. The van der Waals surface area contributed by atoms with E-state index in [2.05, 4.69) is 0 Å². The van der Waals surface area contributed by atoms with Gasteiger partial charge in [0.25, 0.3) is 0 Å². The third-order valence-electron chi connectivity index (χ3n) is 4.95. The summed E-state index contributed by atoms with van der Waals surface area (Å²) in [5.74, 6) is -0.965. The second kappa shape index (κ2) is 8.35. The van der Waals surface area contributed by atoms with Gasteiger partial charge in [-0.1, -0.05) is 29.8 Å². The zero-order valence-electron chi connectivity index (χ0n) is 15.0. The Morgan fingerprint density at radius 2 is 1.86 bits per heavy atom. The van der Waals surface area contributed by atoms with Gasteiger partial charge in [0, 0.05) is 11.4 Å². The fourth-order valence-electron chi connectivity index (χ4n) is 3.66. The number of carbonyl (C=O) groups is 1. The first-order valence-corrected chi connectivity index (χ1v) is 10.3. The molecule has 0 saturated carbocycles. The molecule has 2 atom stereocenters. The molecule has 3 nitrogen and oxygen atoms in total. The molecule has 1 fully saturated rings. The zero-order valence-corrected chi connectivity index (χ0v) is 16.6. The van der Waals surface area contributed by atoms with Crippen LogP contribution in [0.15, 0.2) is 47.4 Å². The van der Waals surface area contributed by atoms with Crippen LogP contribution in [0.5, 0.6) is 0 Å². The molecule has 0 aliphatic carbocycles. The highest BCUT2D eigenvalue weighted by Gasteiger charge is 2.39. The van der Waals surface area contributed by atoms with Gasteiger partial charge >= 0.3 is 12.1 Å². The van der Waals surface area contributed by atoms with Crippen molar-refractivity contribution in [1.29, 1.82) is 0 Å². The smallest absolute Gasteiger partial charge is 0.417 e. The summed E-state index contributed by atoms with van der Waals surface area (Å²) >= 11 is 7.34. The second-order valence-electron chi connectivity index (χ2n) is 6.65. The van der Waals surface area contributed by atoms with E-state index in [0.717, 1.165) is 16.5 Å². The molecule has 8 heteroatoms. The Kier molecular flexibility index (Phi) is 6.27. The van der Waals surface area contributed by atoms with Gasteiger partial charge in [0.15, 0.2) is 0 Å². The van der Waals surface area contributed by atoms with Crippen LogP contribution < -0.4 is 0 Å². The summed E-state index contributed by atoms with van der Waals surface area (Å²) < 4.78 is 40.1. The molecule has 2 aromatic rings. The third kappa shape index (κ3) is 4.31. The van der Waals surface area contributed by atoms with E-state index in [1.54, 1.807) is 22.7 Å². The summed E-state index contributed by atoms with van der Waals surface area (Å²) in [6.45, 7) is 0.496. The van der Waals surface area contributed by atoms with Gasteiger partial charge in [-0.15, -0.1) is 11.8 Å². The van der Waals surface area contributed by atoms with Gasteiger partial charge in [0.1, 0.15) is 6.04 Å². The highest BCUT2D eigenvalue weighted by Crippen LogP contribution is 2.40. The summed E-state index contributed by atoms with van der Waals surface area (Å²) in [7, 11) is 0. The number of rotatable bonds is 5. The first kappa shape index (κ1) is 21.0. The fourth-order valence-corrected chi connectivity index (χ4v) is 4.29. The Balaban J connectivity index is 2.12. The van der Waals surface area contributed by atoms with E-state index in [1.807, 2.05) is 30.5 Å². The number of likely N-dealkylation sites (tertiary alicyclic amines) is 1. The quantitative estimate of drug-likeness (QED) is 0.617. The molecule has 1 aliphatic rings. The molecule has 28 heavy (non-hydrogen) atoms. The van der Waals surface area contributed by atoms with Crippen LogP contribution in [0.4, 0.5) is 13.2 Å². The number of nitrogens with zero attached hydrogens (tertiary/aromatic N) is 1. The first-order valence-electron chi connectivity index (χ1n) is 8.71. The SMILES string of the molecule is CSc1ccc(C(c2ccc(Cl)c(C(F)(F)F)c2)N2CCCC2C(=O)O)cc1. The average Bonchev–Trinajstić information content (AvgIpc) is 3.12. The summed E-state index contributed by atoms with van der Waals surface area (Å²) in [4.78, 5) is 14.5. The summed E-state index contributed by atoms with van der Waals surface area (Å²) in [6, 6.07) is 9.93. The van der Waals surface area contributed by atoms with E-state index in [4.69, 9.17) is 11.6 Å². The average molecular weight is 430 g/mol. The van der Waals surface area contributed by atoms with Gasteiger partial charge in [0.05, 0.1) is 16.6 Å². The van der Waals surface area contributed by atoms with E-state index >= 15 is 0 Å². The van der Waals surface area contributed by atoms with Crippen LogP contribution in [0.3, 0.4) is 0 Å². The van der Waals surface area contributed by atoms with Crippen molar-refractivity contribution in [2.45, 2.75) is 36.0 Å². The number of thioether (sulfide) groups is 1. The molecule has 0 amide bonds. The molecule has 2 aromatic carbocycles. The van der Waals surface area contributed by atoms with Crippen molar-refractivity contribution in [1.82, 2.24) is 4.90 Å². The van der Waals surface area contributed by atoms with Crippen molar-refractivity contribution in [3.63, 3.8) is 0 Å². The van der Waals surface area contributed by atoms with Crippen LogP contribution >= 0.6 is 23.4 Å². The second-order valence-corrected chi connectivity index (χ2v) is 7.93. The Hall–Kier alpha value is -1.70. The van der Waals surface area contributed by atoms with Crippen LogP contribution in [0.25, 0.3) is 0 Å². The van der Waals surface area contributed by atoms with Gasteiger partial charge in [-0.05, 0) is 54.5 Å². The summed E-state index contributed by atoms with van der Waals surface area (Å²) in [5, 5.41) is 9.22. The molecule has 2 unspecified atom stereocenters. The molecule has 1 heterocycles. The Labute approximate surface area is 170 Å². The number of benzene rings is 2. The Morgan fingerprint density at radius 1 is 1.21 bits per heavy atom. The molecule has 0 radical (unpaired) electrons. The number of hydrogen-bond donors (Lipinski definition) is 1. The molecular weight excluding hydrogens is 411 g/mol. The summed E-state index contributed by atoms with van der Waals surface area (Å²) in [5.41, 5.74) is 0.214. The van der Waals surface area contributed by atoms with Crippen LogP contribution in [-0.2, 0) is 11.0 Å². The van der Waals surface area contributed by atoms with E-state index in [1.165, 1.54) is 6.07 Å². The topological polar surface area (TPSA) is 40.5 Å². The van der Waals surface area contributed by atoms with E-state index in [9.17, 15) is 23.1 Å². The lowest BCUT2D eigenvalue weighted by atomic mass is 9.94. The van der Waals surface area contributed by atoms with Gasteiger partial charge < -0.3 is 5.11 Å². The van der Waals surface area contributed by atoms with E-state index in [-0.39, 0.29) is 5.02 Å². The Morgan fingerprint density at radius 3 is 2.43 bits per heavy atom. The van der Waals surface area contributed by atoms with Crippen LogP contribution in [-0.4, -0.2) is 34.8 Å². The zero-order chi connectivity index (χ0) is 20.5. The number of carboxylic acids is 1. The predicted octanol–water partition coefficient (Wildman–Crippen LogP) is 5.72. The molecular formula is C20H19ClF3NO2S. The number of hydrogen-bond acceptors (Lipinski definition) is 3. The monoisotopic (exact) mass is 429 g/mol. The minimum Gasteiger partial charge on any atom is -0.480 e. The highest BCUT2D eigenvalue weighted by molar-refractivity contribution is 7.98. The lowest BCUT2D eigenvalue weighted by Crippen LogP contribution is -2.39.